The molecule has 0 spiro atoms. The van der Waals surface area contributed by atoms with Gasteiger partial charge in [0, 0.05) is 6.42 Å². The maximum atomic E-state index is 10.4. The van der Waals surface area contributed by atoms with Gasteiger partial charge in [-0.25, -0.2) is 0 Å². The molecule has 0 amide bonds. The molecule has 0 bridgehead atoms. The lowest BCUT2D eigenvalue weighted by Gasteiger charge is -1.93. The van der Waals surface area contributed by atoms with Gasteiger partial charge in [0.15, 0.2) is 12.1 Å². The Morgan fingerprint density at radius 2 is 1.83 bits per heavy atom. The fourth-order valence-electron chi connectivity index (χ4n) is 0.785. The third kappa shape index (κ3) is 12.0. The first-order valence-corrected chi connectivity index (χ1v) is 4.12. The molecule has 4 heteroatoms. The summed E-state index contributed by atoms with van der Waals surface area (Å²) < 4.78 is 0. The zero-order valence-corrected chi connectivity index (χ0v) is 7.58. The molecule has 0 unspecified atom stereocenters. The van der Waals surface area contributed by atoms with E-state index in [4.69, 9.17) is 0 Å². The average Bonchev–Trinajstić information content (AvgIpc) is 2.15. The van der Waals surface area contributed by atoms with Crippen molar-refractivity contribution in [3.8, 4) is 0 Å². The second-order valence-corrected chi connectivity index (χ2v) is 2.39. The highest BCUT2D eigenvalue weighted by Gasteiger charge is 1.96. The molecule has 0 radical (unpaired) electrons. The summed E-state index contributed by atoms with van der Waals surface area (Å²) in [7, 11) is 0. The number of unbranched alkanes of at least 4 members (excludes halogenated alkanes) is 3. The molecule has 4 nitrogen and oxygen atoms in total. The molecule has 0 rings (SSSR count). The Morgan fingerprint density at radius 1 is 1.25 bits per heavy atom. The molecule has 0 aliphatic rings. The lowest BCUT2D eigenvalue weighted by Crippen LogP contribution is -2.02. The number of hydrogen-bond acceptors (Lipinski definition) is 4. The van der Waals surface area contributed by atoms with Gasteiger partial charge in [0.05, 0.1) is 0 Å². The summed E-state index contributed by atoms with van der Waals surface area (Å²) in [6.07, 6.45) is 5.10. The summed E-state index contributed by atoms with van der Waals surface area (Å²) in [5.74, 6) is 7.73. The summed E-state index contributed by atoms with van der Waals surface area (Å²) in [6, 6.07) is 0. The van der Waals surface area contributed by atoms with Gasteiger partial charge in [0.1, 0.15) is 0 Å². The van der Waals surface area contributed by atoms with Crippen LogP contribution in [0.4, 0.5) is 0 Å². The summed E-state index contributed by atoms with van der Waals surface area (Å²) in [5, 5.41) is 0. The van der Waals surface area contributed by atoms with E-state index in [0.717, 1.165) is 25.7 Å². The predicted molar refractivity (Wildman–Crippen MR) is 48.2 cm³/mol. The van der Waals surface area contributed by atoms with Crippen LogP contribution in [0.3, 0.4) is 0 Å². The van der Waals surface area contributed by atoms with Gasteiger partial charge in [-0.3, -0.25) is 21.3 Å². The SMILES string of the molecule is CCCCCCC(=O)C=O.NN. The number of hydrogen-bond donors (Lipinski definition) is 2. The van der Waals surface area contributed by atoms with E-state index in [2.05, 4.69) is 18.6 Å². The largest absolute Gasteiger partial charge is 0.295 e. The third-order valence-corrected chi connectivity index (χ3v) is 1.41. The molecule has 4 N–H and O–H groups in total. The number of ketones is 1. The maximum absolute atomic E-state index is 10.4. The first-order valence-electron chi connectivity index (χ1n) is 4.12. The van der Waals surface area contributed by atoms with Crippen molar-refractivity contribution in [2.24, 2.45) is 11.7 Å². The Kier molecular flexibility index (Phi) is 14.9. The Labute approximate surface area is 73.3 Å². The van der Waals surface area contributed by atoms with Crippen molar-refractivity contribution in [3.05, 3.63) is 0 Å². The van der Waals surface area contributed by atoms with E-state index in [9.17, 15) is 9.59 Å². The molecule has 0 saturated heterocycles. The second kappa shape index (κ2) is 12.9. The fourth-order valence-corrected chi connectivity index (χ4v) is 0.785. The van der Waals surface area contributed by atoms with E-state index in [1.165, 1.54) is 0 Å². The molecule has 0 aliphatic carbocycles. The van der Waals surface area contributed by atoms with E-state index in [1.807, 2.05) is 0 Å². The Balaban J connectivity index is 0. The van der Waals surface area contributed by atoms with Crippen LogP contribution in [0, 0.1) is 0 Å². The van der Waals surface area contributed by atoms with Gasteiger partial charge < -0.3 is 0 Å². The normalized spacial score (nSPS) is 8.25. The number of Topliss-reactive ketones (excluding diaryl/α,β-unsaturated/α-hetero) is 1. The van der Waals surface area contributed by atoms with Crippen LogP contribution >= 0.6 is 0 Å². The summed E-state index contributed by atoms with van der Waals surface area (Å²) in [4.78, 5) is 20.2. The van der Waals surface area contributed by atoms with E-state index >= 15 is 0 Å². The van der Waals surface area contributed by atoms with Gasteiger partial charge in [-0.05, 0) is 6.42 Å². The highest BCUT2D eigenvalue weighted by atomic mass is 16.2. The number of carbonyl (C=O) groups is 2. The van der Waals surface area contributed by atoms with Crippen LogP contribution in [-0.4, -0.2) is 12.1 Å². The molecule has 0 atom stereocenters. The zero-order valence-electron chi connectivity index (χ0n) is 7.58. The van der Waals surface area contributed by atoms with Crippen molar-refractivity contribution in [3.63, 3.8) is 0 Å². The van der Waals surface area contributed by atoms with Crippen molar-refractivity contribution in [1.29, 1.82) is 0 Å². The smallest absolute Gasteiger partial charge is 0.195 e. The van der Waals surface area contributed by atoms with Crippen molar-refractivity contribution < 1.29 is 9.59 Å². The van der Waals surface area contributed by atoms with Gasteiger partial charge in [-0.2, -0.15) is 0 Å². The zero-order chi connectivity index (χ0) is 9.82. The number of nitrogens with two attached hydrogens (primary N) is 2. The van der Waals surface area contributed by atoms with Crippen LogP contribution in [0.25, 0.3) is 0 Å². The van der Waals surface area contributed by atoms with Crippen LogP contribution in [0.2, 0.25) is 0 Å². The first kappa shape index (κ1) is 13.8. The standard InChI is InChI=1S/C8H14O2.H4N2/c1-2-3-4-5-6-8(10)7-9;1-2/h7H,2-6H2,1H3;1-2H2. The van der Waals surface area contributed by atoms with Gasteiger partial charge in [-0.1, -0.05) is 26.2 Å². The van der Waals surface area contributed by atoms with Gasteiger partial charge in [0.2, 0.25) is 0 Å². The molecular formula is C8H18N2O2. The lowest BCUT2D eigenvalue weighted by atomic mass is 10.1. The Bertz CT molecular complexity index is 116. The fraction of sp³-hybridized carbons (Fsp3) is 0.750. The second-order valence-electron chi connectivity index (χ2n) is 2.39. The molecule has 0 saturated carbocycles. The summed E-state index contributed by atoms with van der Waals surface area (Å²) >= 11 is 0. The molecule has 0 aromatic rings. The number of hydrazine groups is 1. The van der Waals surface area contributed by atoms with Crippen LogP contribution in [0.5, 0.6) is 0 Å². The molecule has 0 aromatic carbocycles. The predicted octanol–water partition coefficient (Wildman–Crippen LogP) is 0.544. The number of aldehydes is 1. The monoisotopic (exact) mass is 174 g/mol. The molecule has 12 heavy (non-hydrogen) atoms. The highest BCUT2D eigenvalue weighted by Crippen LogP contribution is 2.01. The number of rotatable bonds is 6. The maximum Gasteiger partial charge on any atom is 0.195 e. The Hall–Kier alpha value is -0.740. The summed E-state index contributed by atoms with van der Waals surface area (Å²) in [6.45, 7) is 2.11. The third-order valence-electron chi connectivity index (χ3n) is 1.41. The molecular weight excluding hydrogens is 156 g/mol. The van der Waals surface area contributed by atoms with Gasteiger partial charge in [-0.15, -0.1) is 0 Å². The molecule has 0 aromatic heterocycles. The molecule has 72 valence electrons. The van der Waals surface area contributed by atoms with Gasteiger partial charge >= 0.3 is 0 Å². The summed E-state index contributed by atoms with van der Waals surface area (Å²) in [5.41, 5.74) is 0. The van der Waals surface area contributed by atoms with Crippen molar-refractivity contribution in [2.75, 3.05) is 0 Å². The molecule has 0 aliphatic heterocycles. The topological polar surface area (TPSA) is 86.2 Å². The van der Waals surface area contributed by atoms with Crippen molar-refractivity contribution in [1.82, 2.24) is 0 Å². The lowest BCUT2D eigenvalue weighted by molar-refractivity contribution is -0.129. The number of carbonyl (C=O) groups excluding carboxylic acids is 2. The minimum absolute atomic E-state index is 0.267. The van der Waals surface area contributed by atoms with E-state index < -0.39 is 0 Å². The van der Waals surface area contributed by atoms with E-state index in [1.54, 1.807) is 0 Å². The molecule has 0 heterocycles. The first-order chi connectivity index (χ1) is 5.81. The minimum Gasteiger partial charge on any atom is -0.295 e. The highest BCUT2D eigenvalue weighted by molar-refractivity contribution is 6.24. The van der Waals surface area contributed by atoms with Crippen LogP contribution in [0.1, 0.15) is 39.0 Å². The van der Waals surface area contributed by atoms with E-state index in [0.29, 0.717) is 12.7 Å². The van der Waals surface area contributed by atoms with Gasteiger partial charge in [0.25, 0.3) is 0 Å². The van der Waals surface area contributed by atoms with Crippen LogP contribution in [0.15, 0.2) is 0 Å². The van der Waals surface area contributed by atoms with Crippen molar-refractivity contribution in [2.45, 2.75) is 39.0 Å². The van der Waals surface area contributed by atoms with Crippen molar-refractivity contribution >= 4 is 12.1 Å². The van der Waals surface area contributed by atoms with Crippen LogP contribution in [-0.2, 0) is 9.59 Å². The molecule has 0 fully saturated rings. The van der Waals surface area contributed by atoms with E-state index in [-0.39, 0.29) is 5.78 Å². The average molecular weight is 174 g/mol. The minimum atomic E-state index is -0.267. The Morgan fingerprint density at radius 3 is 2.25 bits per heavy atom. The quantitative estimate of drug-likeness (QED) is 0.202. The van der Waals surface area contributed by atoms with Crippen LogP contribution < -0.4 is 11.7 Å².